The fraction of sp³-hybridized carbons (Fsp3) is 0.360. The number of carbonyl (C=O) groups is 1. The number of ether oxygens (including phenoxy) is 1. The normalized spacial score (nSPS) is 19.4. The molecule has 32 heavy (non-hydrogen) atoms. The molecule has 5 rings (SSSR count). The largest absolute Gasteiger partial charge is 0.379 e. The van der Waals surface area contributed by atoms with Crippen molar-refractivity contribution in [1.82, 2.24) is 20.0 Å². The van der Waals surface area contributed by atoms with Crippen LogP contribution in [-0.2, 0) is 11.3 Å². The summed E-state index contributed by atoms with van der Waals surface area (Å²) in [6, 6.07) is 15.7. The number of likely N-dealkylation sites (tertiary alicyclic amines) is 1. The van der Waals surface area contributed by atoms with Crippen LogP contribution >= 0.6 is 11.6 Å². The second kappa shape index (κ2) is 9.45. The molecule has 0 bridgehead atoms. The van der Waals surface area contributed by atoms with Crippen molar-refractivity contribution >= 4 is 17.5 Å². The van der Waals surface area contributed by atoms with E-state index in [4.69, 9.17) is 16.3 Å². The molecule has 7 heteroatoms. The number of carbonyl (C=O) groups excluding carboxylic acids is 1. The highest BCUT2D eigenvalue weighted by atomic mass is 35.5. The summed E-state index contributed by atoms with van der Waals surface area (Å²) in [5, 5.41) is 8.17. The molecule has 1 N–H and O–H groups in total. The molecule has 0 aliphatic carbocycles. The lowest BCUT2D eigenvalue weighted by molar-refractivity contribution is 0.0339. The Labute approximate surface area is 193 Å². The molecule has 3 heterocycles. The third-order valence-corrected chi connectivity index (χ3v) is 6.63. The van der Waals surface area contributed by atoms with Crippen LogP contribution in [0, 0.1) is 0 Å². The molecule has 1 atom stereocenters. The smallest absolute Gasteiger partial charge is 0.254 e. The Morgan fingerprint density at radius 2 is 1.97 bits per heavy atom. The number of H-pyrrole nitrogens is 1. The molecule has 2 aromatic carbocycles. The van der Waals surface area contributed by atoms with Crippen molar-refractivity contribution in [3.8, 4) is 11.1 Å². The predicted molar refractivity (Wildman–Crippen MR) is 125 cm³/mol. The number of nitrogens with one attached hydrogen (secondary N) is 1. The van der Waals surface area contributed by atoms with Crippen LogP contribution in [-0.4, -0.2) is 58.8 Å². The van der Waals surface area contributed by atoms with Gasteiger partial charge < -0.3 is 9.64 Å². The van der Waals surface area contributed by atoms with Crippen molar-refractivity contribution in [2.45, 2.75) is 25.4 Å². The predicted octanol–water partition coefficient (Wildman–Crippen LogP) is 4.54. The molecule has 0 saturated carbocycles. The molecule has 0 spiro atoms. The minimum absolute atomic E-state index is 0.0320. The number of morpholine rings is 1. The molecular formula is C25H27ClN4O2. The molecule has 2 aliphatic rings. The molecule has 0 radical (unpaired) electrons. The van der Waals surface area contributed by atoms with Gasteiger partial charge in [-0.15, -0.1) is 0 Å². The molecule has 3 aromatic rings. The Bertz CT molecular complexity index is 1090. The summed E-state index contributed by atoms with van der Waals surface area (Å²) in [6.07, 6.45) is 3.71. The van der Waals surface area contributed by atoms with Gasteiger partial charge in [-0.05, 0) is 42.2 Å². The maximum atomic E-state index is 13.7. The highest BCUT2D eigenvalue weighted by Crippen LogP contribution is 2.38. The van der Waals surface area contributed by atoms with Gasteiger partial charge in [0.25, 0.3) is 5.91 Å². The number of aromatic nitrogens is 2. The van der Waals surface area contributed by atoms with Gasteiger partial charge >= 0.3 is 0 Å². The first-order chi connectivity index (χ1) is 15.7. The standard InChI is InChI=1S/C25H27ClN4O2/c26-20-7-3-6-18(15-20)22-16-27-28-24(22)23-9-4-10-30(23)25(31)21-8-2-1-5-19(21)17-29-11-13-32-14-12-29/h1-3,5-8,15-16,23H,4,9-14,17H2,(H,27,28). The van der Waals surface area contributed by atoms with E-state index in [1.807, 2.05) is 53.6 Å². The quantitative estimate of drug-likeness (QED) is 0.620. The van der Waals surface area contributed by atoms with E-state index in [9.17, 15) is 4.79 Å². The summed E-state index contributed by atoms with van der Waals surface area (Å²) in [5.41, 5.74) is 4.84. The van der Waals surface area contributed by atoms with Gasteiger partial charge in [0.05, 0.1) is 31.1 Å². The van der Waals surface area contributed by atoms with Gasteiger partial charge in [-0.1, -0.05) is 41.9 Å². The second-order valence-electron chi connectivity index (χ2n) is 8.41. The molecule has 6 nitrogen and oxygen atoms in total. The molecular weight excluding hydrogens is 424 g/mol. The van der Waals surface area contributed by atoms with E-state index in [1.54, 1.807) is 0 Å². The van der Waals surface area contributed by atoms with Crippen molar-refractivity contribution in [3.63, 3.8) is 0 Å². The average Bonchev–Trinajstić information content (AvgIpc) is 3.49. The number of rotatable bonds is 5. The summed E-state index contributed by atoms with van der Waals surface area (Å²) in [6.45, 7) is 4.79. The van der Waals surface area contributed by atoms with Crippen LogP contribution in [0.4, 0.5) is 0 Å². The van der Waals surface area contributed by atoms with Crippen molar-refractivity contribution in [2.75, 3.05) is 32.8 Å². The van der Waals surface area contributed by atoms with Crippen LogP contribution in [0.2, 0.25) is 5.02 Å². The molecule has 1 aromatic heterocycles. The fourth-order valence-electron chi connectivity index (χ4n) is 4.77. The summed E-state index contributed by atoms with van der Waals surface area (Å²) in [5.74, 6) is 0.0861. The third-order valence-electron chi connectivity index (χ3n) is 6.40. The first kappa shape index (κ1) is 21.2. The maximum absolute atomic E-state index is 13.7. The van der Waals surface area contributed by atoms with Crippen molar-refractivity contribution in [3.05, 3.63) is 76.6 Å². The van der Waals surface area contributed by atoms with Crippen LogP contribution in [0.3, 0.4) is 0 Å². The average molecular weight is 451 g/mol. The summed E-state index contributed by atoms with van der Waals surface area (Å²) in [7, 11) is 0. The van der Waals surface area contributed by atoms with Gasteiger partial charge in [-0.3, -0.25) is 14.8 Å². The highest BCUT2D eigenvalue weighted by Gasteiger charge is 2.34. The summed E-state index contributed by atoms with van der Waals surface area (Å²) in [4.78, 5) is 18.1. The monoisotopic (exact) mass is 450 g/mol. The Balaban J connectivity index is 1.42. The number of hydrogen-bond donors (Lipinski definition) is 1. The molecule has 1 amide bonds. The van der Waals surface area contributed by atoms with E-state index in [-0.39, 0.29) is 11.9 Å². The zero-order valence-corrected chi connectivity index (χ0v) is 18.7. The Morgan fingerprint density at radius 3 is 2.81 bits per heavy atom. The van der Waals surface area contributed by atoms with Gasteiger partial charge in [-0.25, -0.2) is 0 Å². The zero-order valence-electron chi connectivity index (χ0n) is 18.0. The molecule has 166 valence electrons. The third kappa shape index (κ3) is 4.31. The lowest BCUT2D eigenvalue weighted by Gasteiger charge is -2.29. The van der Waals surface area contributed by atoms with Crippen LogP contribution in [0.5, 0.6) is 0 Å². The Hall–Kier alpha value is -2.67. The maximum Gasteiger partial charge on any atom is 0.254 e. The van der Waals surface area contributed by atoms with E-state index >= 15 is 0 Å². The van der Waals surface area contributed by atoms with Crippen LogP contribution in [0.25, 0.3) is 11.1 Å². The van der Waals surface area contributed by atoms with Crippen LogP contribution < -0.4 is 0 Å². The van der Waals surface area contributed by atoms with Crippen molar-refractivity contribution < 1.29 is 9.53 Å². The molecule has 2 saturated heterocycles. The van der Waals surface area contributed by atoms with E-state index in [1.165, 1.54) is 0 Å². The van der Waals surface area contributed by atoms with Gasteiger partial charge in [-0.2, -0.15) is 5.10 Å². The minimum Gasteiger partial charge on any atom is -0.379 e. The van der Waals surface area contributed by atoms with Gasteiger partial charge in [0, 0.05) is 42.3 Å². The summed E-state index contributed by atoms with van der Waals surface area (Å²) >= 11 is 6.22. The first-order valence-electron chi connectivity index (χ1n) is 11.2. The molecule has 2 aliphatic heterocycles. The first-order valence-corrected chi connectivity index (χ1v) is 11.6. The zero-order chi connectivity index (χ0) is 21.9. The summed E-state index contributed by atoms with van der Waals surface area (Å²) < 4.78 is 5.47. The number of halogens is 1. The van der Waals surface area contributed by atoms with Gasteiger partial charge in [0.2, 0.25) is 0 Å². The van der Waals surface area contributed by atoms with E-state index in [2.05, 4.69) is 21.2 Å². The number of amides is 1. The van der Waals surface area contributed by atoms with E-state index < -0.39 is 0 Å². The highest BCUT2D eigenvalue weighted by molar-refractivity contribution is 6.30. The van der Waals surface area contributed by atoms with Gasteiger partial charge in [0.1, 0.15) is 0 Å². The van der Waals surface area contributed by atoms with E-state index in [0.717, 1.165) is 80.2 Å². The number of nitrogens with zero attached hydrogens (tertiary/aromatic N) is 3. The minimum atomic E-state index is -0.0320. The molecule has 2 fully saturated rings. The fourth-order valence-corrected chi connectivity index (χ4v) is 4.96. The number of aromatic amines is 1. The number of benzene rings is 2. The van der Waals surface area contributed by atoms with Gasteiger partial charge in [0.15, 0.2) is 0 Å². The topological polar surface area (TPSA) is 61.5 Å². The molecule has 1 unspecified atom stereocenters. The number of hydrogen-bond acceptors (Lipinski definition) is 4. The Morgan fingerprint density at radius 1 is 1.12 bits per heavy atom. The van der Waals surface area contributed by atoms with Crippen LogP contribution in [0.15, 0.2) is 54.7 Å². The Kier molecular flexibility index (Phi) is 6.26. The lowest BCUT2D eigenvalue weighted by Crippen LogP contribution is -2.37. The SMILES string of the molecule is O=C(c1ccccc1CN1CCOCC1)N1CCCC1c1[nH]ncc1-c1cccc(Cl)c1. The second-order valence-corrected chi connectivity index (χ2v) is 8.85. The van der Waals surface area contributed by atoms with Crippen LogP contribution in [0.1, 0.15) is 40.5 Å². The lowest BCUT2D eigenvalue weighted by atomic mass is 10.00. The van der Waals surface area contributed by atoms with Crippen molar-refractivity contribution in [1.29, 1.82) is 0 Å². The van der Waals surface area contributed by atoms with Crippen molar-refractivity contribution in [2.24, 2.45) is 0 Å². The van der Waals surface area contributed by atoms with E-state index in [0.29, 0.717) is 5.02 Å².